The second-order valence-electron chi connectivity index (χ2n) is 7.49. The van der Waals surface area contributed by atoms with Gasteiger partial charge in [-0.2, -0.15) is 0 Å². The zero-order chi connectivity index (χ0) is 20.0. The number of ketones is 2. The lowest BCUT2D eigenvalue weighted by Crippen LogP contribution is -2.48. The maximum absolute atomic E-state index is 13.0. The Morgan fingerprint density at radius 2 is 1.75 bits per heavy atom. The first kappa shape index (κ1) is 17.0. The molecule has 8 heteroatoms. The molecule has 4 N–H and O–H groups in total. The molecular weight excluding hydrogens is 368 g/mol. The number of benzene rings is 2. The molecule has 0 unspecified atom stereocenters. The Labute approximate surface area is 158 Å². The second-order valence-corrected chi connectivity index (χ2v) is 7.49. The number of fused-ring (bicyclic) bond motifs is 6. The molecule has 2 aliphatic heterocycles. The van der Waals surface area contributed by atoms with E-state index in [1.54, 1.807) is 6.92 Å². The van der Waals surface area contributed by atoms with Crippen molar-refractivity contribution in [3.8, 4) is 23.0 Å². The first-order chi connectivity index (χ1) is 13.2. The number of carbonyl (C=O) groups excluding carboxylic acids is 2. The first-order valence-electron chi connectivity index (χ1n) is 8.80. The van der Waals surface area contributed by atoms with Gasteiger partial charge >= 0.3 is 0 Å². The summed E-state index contributed by atoms with van der Waals surface area (Å²) in [5.41, 5.74) is -0.737. The molecule has 0 radical (unpaired) electrons. The van der Waals surface area contributed by atoms with Crippen molar-refractivity contribution in [2.24, 2.45) is 0 Å². The summed E-state index contributed by atoms with van der Waals surface area (Å²) in [5, 5.41) is 41.0. The molecule has 3 atom stereocenters. The van der Waals surface area contributed by atoms with Crippen LogP contribution < -0.4 is 4.74 Å². The van der Waals surface area contributed by atoms with E-state index in [-0.39, 0.29) is 39.3 Å². The Bertz CT molecular complexity index is 1090. The van der Waals surface area contributed by atoms with Crippen molar-refractivity contribution in [2.45, 2.75) is 37.8 Å². The van der Waals surface area contributed by atoms with Crippen LogP contribution in [0.3, 0.4) is 0 Å². The molecule has 5 rings (SSSR count). The average Bonchev–Trinajstić information content (AvgIpc) is 2.61. The van der Waals surface area contributed by atoms with Gasteiger partial charge in [0.25, 0.3) is 0 Å². The number of aliphatic hydroxyl groups excluding tert-OH is 1. The number of rotatable bonds is 0. The van der Waals surface area contributed by atoms with E-state index in [1.807, 2.05) is 0 Å². The molecule has 0 amide bonds. The highest BCUT2D eigenvalue weighted by molar-refractivity contribution is 6.30. The Kier molecular flexibility index (Phi) is 3.19. The maximum Gasteiger partial charge on any atom is 0.208 e. The van der Waals surface area contributed by atoms with E-state index in [1.165, 1.54) is 6.07 Å². The third kappa shape index (κ3) is 2.07. The van der Waals surface area contributed by atoms with Gasteiger partial charge in [0.05, 0.1) is 22.8 Å². The van der Waals surface area contributed by atoms with Crippen molar-refractivity contribution in [1.82, 2.24) is 0 Å². The molecule has 1 aliphatic carbocycles. The van der Waals surface area contributed by atoms with Gasteiger partial charge in [0, 0.05) is 30.5 Å². The van der Waals surface area contributed by atoms with Gasteiger partial charge in [-0.05, 0) is 18.6 Å². The van der Waals surface area contributed by atoms with Crippen LogP contribution in [0.1, 0.15) is 63.3 Å². The molecular formula is C20H16O8. The van der Waals surface area contributed by atoms with Crippen molar-refractivity contribution >= 4 is 11.6 Å². The third-order valence-corrected chi connectivity index (χ3v) is 5.58. The van der Waals surface area contributed by atoms with Gasteiger partial charge in [-0.1, -0.05) is 0 Å². The Morgan fingerprint density at radius 3 is 2.50 bits per heavy atom. The summed E-state index contributed by atoms with van der Waals surface area (Å²) < 4.78 is 11.6. The molecule has 2 aromatic rings. The van der Waals surface area contributed by atoms with Crippen molar-refractivity contribution in [1.29, 1.82) is 0 Å². The summed E-state index contributed by atoms with van der Waals surface area (Å²) >= 11 is 0. The van der Waals surface area contributed by atoms with Crippen molar-refractivity contribution < 1.29 is 39.5 Å². The van der Waals surface area contributed by atoms with Gasteiger partial charge in [0.15, 0.2) is 5.78 Å². The summed E-state index contributed by atoms with van der Waals surface area (Å²) in [5.74, 6) is -3.71. The van der Waals surface area contributed by atoms with Crippen LogP contribution in [0.15, 0.2) is 18.2 Å². The highest BCUT2D eigenvalue weighted by atomic mass is 16.7. The van der Waals surface area contributed by atoms with E-state index >= 15 is 0 Å². The second kappa shape index (κ2) is 5.24. The number of hydrogen-bond donors (Lipinski definition) is 4. The number of hydrogen-bond acceptors (Lipinski definition) is 8. The molecule has 8 nitrogen and oxygen atoms in total. The molecule has 1 saturated heterocycles. The monoisotopic (exact) mass is 384 g/mol. The molecule has 2 heterocycles. The van der Waals surface area contributed by atoms with Gasteiger partial charge in [0.1, 0.15) is 29.1 Å². The van der Waals surface area contributed by atoms with Crippen molar-refractivity contribution in [2.75, 3.05) is 0 Å². The van der Waals surface area contributed by atoms with E-state index in [4.69, 9.17) is 9.47 Å². The minimum atomic E-state index is -1.02. The van der Waals surface area contributed by atoms with Crippen LogP contribution in [0, 0.1) is 0 Å². The minimum Gasteiger partial charge on any atom is -0.508 e. The molecule has 0 spiro atoms. The predicted octanol–water partition coefficient (Wildman–Crippen LogP) is 1.90. The fraction of sp³-hybridized carbons (Fsp3) is 0.300. The third-order valence-electron chi connectivity index (χ3n) is 5.58. The molecule has 3 aliphatic rings. The lowest BCUT2D eigenvalue weighted by molar-refractivity contribution is -0.270. The Balaban J connectivity index is 1.78. The first-order valence-corrected chi connectivity index (χ1v) is 8.80. The molecule has 0 aromatic heterocycles. The maximum atomic E-state index is 13.0. The largest absolute Gasteiger partial charge is 0.508 e. The Morgan fingerprint density at radius 1 is 1.04 bits per heavy atom. The summed E-state index contributed by atoms with van der Waals surface area (Å²) in [7, 11) is 0. The van der Waals surface area contributed by atoms with E-state index in [0.717, 1.165) is 12.1 Å². The molecule has 0 saturated carbocycles. The quantitative estimate of drug-likeness (QED) is 0.462. The highest BCUT2D eigenvalue weighted by Gasteiger charge is 2.49. The Hall–Kier alpha value is -3.10. The van der Waals surface area contributed by atoms with Gasteiger partial charge in [-0.25, -0.2) is 0 Å². The van der Waals surface area contributed by atoms with E-state index in [0.29, 0.717) is 12.8 Å². The van der Waals surface area contributed by atoms with E-state index in [9.17, 15) is 30.0 Å². The lowest BCUT2D eigenvalue weighted by atomic mass is 9.80. The van der Waals surface area contributed by atoms with Crippen LogP contribution in [-0.4, -0.2) is 43.9 Å². The molecule has 1 fully saturated rings. The van der Waals surface area contributed by atoms with Gasteiger partial charge in [-0.15, -0.1) is 0 Å². The fourth-order valence-electron chi connectivity index (χ4n) is 4.25. The summed E-state index contributed by atoms with van der Waals surface area (Å²) in [4.78, 5) is 26.0. The zero-order valence-electron chi connectivity index (χ0n) is 14.7. The smallest absolute Gasteiger partial charge is 0.208 e. The van der Waals surface area contributed by atoms with Gasteiger partial charge in [-0.3, -0.25) is 9.59 Å². The highest BCUT2D eigenvalue weighted by Crippen LogP contribution is 2.53. The van der Waals surface area contributed by atoms with E-state index in [2.05, 4.69) is 0 Å². The van der Waals surface area contributed by atoms with Crippen molar-refractivity contribution in [3.05, 3.63) is 46.0 Å². The number of aromatic hydroxyl groups is 3. The summed E-state index contributed by atoms with van der Waals surface area (Å²) in [6.45, 7) is 1.70. The summed E-state index contributed by atoms with van der Waals surface area (Å²) in [6, 6.07) is 3.39. The number of phenols is 3. The predicted molar refractivity (Wildman–Crippen MR) is 92.8 cm³/mol. The van der Waals surface area contributed by atoms with Crippen LogP contribution in [0.5, 0.6) is 23.0 Å². The standard InChI is InChI=1S/C20H16O8/c1-20-3-2-10(22)19(28-20)15-12(27-20)6-9-14(18(15)26)17(25)13-8(16(9)24)4-7(21)5-11(13)23/h4-6,10,19,21-23,26H,2-3H2,1H3/t10-,19-,20+/m0/s1. The van der Waals surface area contributed by atoms with Crippen LogP contribution >= 0.6 is 0 Å². The summed E-state index contributed by atoms with van der Waals surface area (Å²) in [6.07, 6.45) is -1.02. The number of aliphatic hydroxyl groups is 1. The number of phenolic OH excluding ortho intramolecular Hbond substituents is 3. The van der Waals surface area contributed by atoms with Crippen LogP contribution in [0.4, 0.5) is 0 Å². The van der Waals surface area contributed by atoms with Gasteiger partial charge < -0.3 is 29.9 Å². The molecule has 28 heavy (non-hydrogen) atoms. The number of carbonyl (C=O) groups is 2. The van der Waals surface area contributed by atoms with E-state index < -0.39 is 41.1 Å². The average molecular weight is 384 g/mol. The van der Waals surface area contributed by atoms with Gasteiger partial charge in [0.2, 0.25) is 11.6 Å². The van der Waals surface area contributed by atoms with Crippen LogP contribution in [0.25, 0.3) is 0 Å². The minimum absolute atomic E-state index is 0.100. The lowest BCUT2D eigenvalue weighted by Gasteiger charge is -2.46. The fourth-order valence-corrected chi connectivity index (χ4v) is 4.25. The molecule has 2 bridgehead atoms. The number of ether oxygens (including phenoxy) is 2. The molecule has 2 aromatic carbocycles. The van der Waals surface area contributed by atoms with Crippen molar-refractivity contribution in [3.63, 3.8) is 0 Å². The normalized spacial score (nSPS) is 27.5. The van der Waals surface area contributed by atoms with Crippen LogP contribution in [0.2, 0.25) is 0 Å². The molecule has 144 valence electrons. The zero-order valence-corrected chi connectivity index (χ0v) is 14.7. The van der Waals surface area contributed by atoms with Crippen LogP contribution in [-0.2, 0) is 4.74 Å². The topological polar surface area (TPSA) is 134 Å². The SMILES string of the molecule is C[C@]12CC[C@H](O)[C@H](O1)c1c(cc3c(c1O)C(=O)c1c(O)cc(O)cc1C3=O)O2.